The largest absolute Gasteiger partial charge is 0.489 e. The summed E-state index contributed by atoms with van der Waals surface area (Å²) in [5.41, 5.74) is 3.65. The van der Waals surface area contributed by atoms with Crippen LogP contribution in [0.15, 0.2) is 72.5 Å². The number of benzene rings is 3. The minimum absolute atomic E-state index is 0.143. The first-order chi connectivity index (χ1) is 13.1. The monoisotopic (exact) mass is 376 g/mol. The number of Topliss-reactive ketones (excluding diaryl/α,β-unsaturated/α-hetero) is 1. The Labute approximate surface area is 162 Å². The Hall–Kier alpha value is -3.04. The van der Waals surface area contributed by atoms with Crippen molar-refractivity contribution in [2.45, 2.75) is 13.5 Å². The van der Waals surface area contributed by atoms with Crippen molar-refractivity contribution in [1.82, 2.24) is 0 Å². The zero-order valence-electron chi connectivity index (χ0n) is 14.7. The number of ether oxygens (including phenoxy) is 2. The topological polar surface area (TPSA) is 35.5 Å². The molecule has 0 N–H and O–H groups in total. The van der Waals surface area contributed by atoms with Crippen molar-refractivity contribution in [3.63, 3.8) is 0 Å². The molecule has 4 rings (SSSR count). The second-order valence-electron chi connectivity index (χ2n) is 6.37. The van der Waals surface area contributed by atoms with Crippen LogP contribution in [-0.4, -0.2) is 5.78 Å². The number of aryl methyl sites for hydroxylation is 1. The summed E-state index contributed by atoms with van der Waals surface area (Å²) < 4.78 is 11.6. The molecule has 27 heavy (non-hydrogen) atoms. The lowest BCUT2D eigenvalue weighted by molar-refractivity contribution is 0.101. The molecular formula is C23H17ClO3. The number of rotatable bonds is 4. The van der Waals surface area contributed by atoms with Crippen LogP contribution in [0.25, 0.3) is 6.08 Å². The molecule has 4 heteroatoms. The van der Waals surface area contributed by atoms with E-state index < -0.39 is 0 Å². The molecule has 0 unspecified atom stereocenters. The van der Waals surface area contributed by atoms with Crippen molar-refractivity contribution in [2.75, 3.05) is 0 Å². The predicted molar refractivity (Wildman–Crippen MR) is 106 cm³/mol. The van der Waals surface area contributed by atoms with Gasteiger partial charge in [0.05, 0.1) is 5.56 Å². The van der Waals surface area contributed by atoms with Gasteiger partial charge in [0.25, 0.3) is 0 Å². The Morgan fingerprint density at radius 1 is 1.04 bits per heavy atom. The fourth-order valence-corrected chi connectivity index (χ4v) is 3.14. The Morgan fingerprint density at radius 2 is 1.89 bits per heavy atom. The highest BCUT2D eigenvalue weighted by molar-refractivity contribution is 6.30. The molecule has 0 saturated carbocycles. The van der Waals surface area contributed by atoms with Crippen molar-refractivity contribution in [1.29, 1.82) is 0 Å². The van der Waals surface area contributed by atoms with E-state index in [2.05, 4.69) is 13.0 Å². The normalized spacial score (nSPS) is 14.1. The molecule has 134 valence electrons. The van der Waals surface area contributed by atoms with Crippen LogP contribution in [0, 0.1) is 6.92 Å². The van der Waals surface area contributed by atoms with E-state index in [1.54, 1.807) is 36.4 Å². The van der Waals surface area contributed by atoms with E-state index in [0.717, 1.165) is 11.1 Å². The minimum atomic E-state index is -0.143. The van der Waals surface area contributed by atoms with Crippen LogP contribution in [0.4, 0.5) is 0 Å². The number of carbonyl (C=O) groups is 1. The summed E-state index contributed by atoms with van der Waals surface area (Å²) in [4.78, 5) is 12.6. The highest BCUT2D eigenvalue weighted by atomic mass is 35.5. The number of allylic oxidation sites excluding steroid dienone is 1. The molecule has 0 radical (unpaired) electrons. The van der Waals surface area contributed by atoms with Crippen molar-refractivity contribution in [2.24, 2.45) is 0 Å². The van der Waals surface area contributed by atoms with Crippen molar-refractivity contribution in [3.05, 3.63) is 99.8 Å². The molecule has 0 spiro atoms. The van der Waals surface area contributed by atoms with Gasteiger partial charge in [-0.15, -0.1) is 0 Å². The quantitative estimate of drug-likeness (QED) is 0.536. The van der Waals surface area contributed by atoms with Gasteiger partial charge < -0.3 is 9.47 Å². The third kappa shape index (κ3) is 3.74. The molecule has 0 amide bonds. The lowest BCUT2D eigenvalue weighted by Crippen LogP contribution is -1.98. The van der Waals surface area contributed by atoms with Gasteiger partial charge in [-0.25, -0.2) is 0 Å². The molecule has 0 bridgehead atoms. The average Bonchev–Trinajstić information content (AvgIpc) is 2.96. The summed E-state index contributed by atoms with van der Waals surface area (Å²) in [7, 11) is 0. The summed E-state index contributed by atoms with van der Waals surface area (Å²) >= 11 is 6.00. The van der Waals surface area contributed by atoms with Crippen LogP contribution in [0.1, 0.15) is 27.0 Å². The summed E-state index contributed by atoms with van der Waals surface area (Å²) in [6.45, 7) is 2.51. The third-order valence-electron chi connectivity index (χ3n) is 4.44. The molecular weight excluding hydrogens is 360 g/mol. The molecule has 3 aromatic carbocycles. The molecule has 0 atom stereocenters. The fraction of sp³-hybridized carbons (Fsp3) is 0.0870. The molecule has 0 aromatic heterocycles. The maximum atomic E-state index is 12.6. The minimum Gasteiger partial charge on any atom is -0.489 e. The SMILES string of the molecule is Cc1ccccc1COc1ccc2c(c1)OC(=Cc1cccc(Cl)c1)C2=O. The summed E-state index contributed by atoms with van der Waals surface area (Å²) in [5, 5.41) is 0.610. The molecule has 0 aliphatic carbocycles. The molecule has 0 saturated heterocycles. The van der Waals surface area contributed by atoms with E-state index in [-0.39, 0.29) is 11.5 Å². The van der Waals surface area contributed by atoms with Gasteiger partial charge in [-0.2, -0.15) is 0 Å². The number of carbonyl (C=O) groups excluding carboxylic acids is 1. The number of ketones is 1. The van der Waals surface area contributed by atoms with Crippen LogP contribution in [0.5, 0.6) is 11.5 Å². The highest BCUT2D eigenvalue weighted by Crippen LogP contribution is 2.35. The molecule has 3 nitrogen and oxygen atoms in total. The van der Waals surface area contributed by atoms with E-state index in [1.807, 2.05) is 30.3 Å². The number of halogens is 1. The lowest BCUT2D eigenvalue weighted by atomic mass is 10.1. The van der Waals surface area contributed by atoms with Gasteiger partial charge in [0.1, 0.15) is 18.1 Å². The van der Waals surface area contributed by atoms with Crippen LogP contribution in [-0.2, 0) is 6.61 Å². The van der Waals surface area contributed by atoms with Crippen molar-refractivity contribution >= 4 is 23.5 Å². The standard InChI is InChI=1S/C23H17ClO3/c1-15-5-2-3-7-17(15)14-26-19-9-10-20-21(13-19)27-22(23(20)25)12-16-6-4-8-18(24)11-16/h2-13H,14H2,1H3. The molecule has 1 aliphatic rings. The van der Waals surface area contributed by atoms with E-state index in [4.69, 9.17) is 21.1 Å². The molecule has 3 aromatic rings. The third-order valence-corrected chi connectivity index (χ3v) is 4.68. The van der Waals surface area contributed by atoms with Crippen LogP contribution < -0.4 is 9.47 Å². The Kier molecular flexibility index (Phi) is 4.69. The smallest absolute Gasteiger partial charge is 0.231 e. The van der Waals surface area contributed by atoms with Gasteiger partial charge in [-0.1, -0.05) is 48.0 Å². The van der Waals surface area contributed by atoms with E-state index >= 15 is 0 Å². The average molecular weight is 377 g/mol. The van der Waals surface area contributed by atoms with E-state index in [1.165, 1.54) is 5.56 Å². The Morgan fingerprint density at radius 3 is 2.70 bits per heavy atom. The van der Waals surface area contributed by atoms with Gasteiger partial charge in [0, 0.05) is 11.1 Å². The van der Waals surface area contributed by atoms with Gasteiger partial charge in [0.15, 0.2) is 5.76 Å². The first kappa shape index (κ1) is 17.4. The Balaban J connectivity index is 1.53. The zero-order valence-corrected chi connectivity index (χ0v) is 15.5. The van der Waals surface area contributed by atoms with Crippen molar-refractivity contribution in [3.8, 4) is 11.5 Å². The molecule has 1 heterocycles. The Bertz CT molecular complexity index is 1050. The first-order valence-corrected chi connectivity index (χ1v) is 8.99. The van der Waals surface area contributed by atoms with Gasteiger partial charge in [0.2, 0.25) is 5.78 Å². The maximum absolute atomic E-state index is 12.6. The number of fused-ring (bicyclic) bond motifs is 1. The van der Waals surface area contributed by atoms with Gasteiger partial charge in [-0.05, 0) is 54.0 Å². The first-order valence-electron chi connectivity index (χ1n) is 8.61. The number of hydrogen-bond acceptors (Lipinski definition) is 3. The maximum Gasteiger partial charge on any atom is 0.231 e. The predicted octanol–water partition coefficient (Wildman–Crippen LogP) is 5.84. The zero-order chi connectivity index (χ0) is 18.8. The van der Waals surface area contributed by atoms with Gasteiger partial charge in [-0.3, -0.25) is 4.79 Å². The summed E-state index contributed by atoms with van der Waals surface area (Å²) in [5.74, 6) is 1.31. The van der Waals surface area contributed by atoms with E-state index in [9.17, 15) is 4.79 Å². The van der Waals surface area contributed by atoms with Crippen LogP contribution >= 0.6 is 11.6 Å². The highest BCUT2D eigenvalue weighted by Gasteiger charge is 2.27. The lowest BCUT2D eigenvalue weighted by Gasteiger charge is -2.09. The van der Waals surface area contributed by atoms with Crippen molar-refractivity contribution < 1.29 is 14.3 Å². The number of hydrogen-bond donors (Lipinski definition) is 0. The van der Waals surface area contributed by atoms with Crippen LogP contribution in [0.3, 0.4) is 0 Å². The second kappa shape index (κ2) is 7.29. The second-order valence-corrected chi connectivity index (χ2v) is 6.80. The van der Waals surface area contributed by atoms with E-state index in [0.29, 0.717) is 28.7 Å². The molecule has 1 aliphatic heterocycles. The van der Waals surface area contributed by atoms with Crippen LogP contribution in [0.2, 0.25) is 5.02 Å². The molecule has 0 fully saturated rings. The summed E-state index contributed by atoms with van der Waals surface area (Å²) in [6.07, 6.45) is 1.70. The fourth-order valence-electron chi connectivity index (χ4n) is 2.94. The summed E-state index contributed by atoms with van der Waals surface area (Å²) in [6, 6.07) is 20.6. The van der Waals surface area contributed by atoms with Gasteiger partial charge >= 0.3 is 0 Å².